The average molecular weight is 173 g/mol. The summed E-state index contributed by atoms with van der Waals surface area (Å²) >= 11 is 0. The SMILES string of the molecule is CCCOC(=O)[C@H](C)NC(C)=O. The van der Waals surface area contributed by atoms with Crippen molar-refractivity contribution in [1.82, 2.24) is 5.32 Å². The molecule has 70 valence electrons. The quantitative estimate of drug-likeness (QED) is 0.628. The Labute approximate surface area is 72.3 Å². The van der Waals surface area contributed by atoms with Crippen LogP contribution in [-0.2, 0) is 14.3 Å². The summed E-state index contributed by atoms with van der Waals surface area (Å²) in [5.74, 6) is -0.608. The maximum absolute atomic E-state index is 11.0. The van der Waals surface area contributed by atoms with Crippen molar-refractivity contribution in [3.63, 3.8) is 0 Å². The normalized spacial score (nSPS) is 11.9. The van der Waals surface area contributed by atoms with Crippen LogP contribution in [0.25, 0.3) is 0 Å². The Kier molecular flexibility index (Phi) is 5.08. The summed E-state index contributed by atoms with van der Waals surface area (Å²) in [7, 11) is 0. The third-order valence-electron chi connectivity index (χ3n) is 1.22. The molecule has 0 saturated carbocycles. The van der Waals surface area contributed by atoms with Gasteiger partial charge in [-0.2, -0.15) is 0 Å². The number of ether oxygens (including phenoxy) is 1. The highest BCUT2D eigenvalue weighted by molar-refractivity contribution is 5.82. The molecule has 4 nitrogen and oxygen atoms in total. The smallest absolute Gasteiger partial charge is 0.328 e. The zero-order valence-corrected chi connectivity index (χ0v) is 7.72. The van der Waals surface area contributed by atoms with Crippen LogP contribution in [0.15, 0.2) is 0 Å². The number of amides is 1. The van der Waals surface area contributed by atoms with Gasteiger partial charge in [0.2, 0.25) is 5.91 Å². The summed E-state index contributed by atoms with van der Waals surface area (Å²) < 4.78 is 4.80. The van der Waals surface area contributed by atoms with E-state index < -0.39 is 6.04 Å². The molecule has 0 aromatic rings. The Morgan fingerprint density at radius 2 is 2.08 bits per heavy atom. The summed E-state index contributed by atoms with van der Waals surface area (Å²) in [5.41, 5.74) is 0. The predicted octanol–water partition coefficient (Wildman–Crippen LogP) is 0.464. The minimum atomic E-state index is -0.547. The first-order valence-corrected chi connectivity index (χ1v) is 4.01. The second kappa shape index (κ2) is 5.57. The minimum absolute atomic E-state index is 0.226. The van der Waals surface area contributed by atoms with E-state index in [0.717, 1.165) is 6.42 Å². The molecule has 0 heterocycles. The van der Waals surface area contributed by atoms with Gasteiger partial charge in [-0.05, 0) is 13.3 Å². The fraction of sp³-hybridized carbons (Fsp3) is 0.750. The minimum Gasteiger partial charge on any atom is -0.464 e. The topological polar surface area (TPSA) is 55.4 Å². The first kappa shape index (κ1) is 10.9. The zero-order chi connectivity index (χ0) is 9.56. The van der Waals surface area contributed by atoms with Crippen molar-refractivity contribution in [3.8, 4) is 0 Å². The lowest BCUT2D eigenvalue weighted by molar-refractivity contribution is -0.147. The van der Waals surface area contributed by atoms with Gasteiger partial charge in [-0.1, -0.05) is 6.92 Å². The van der Waals surface area contributed by atoms with E-state index in [1.54, 1.807) is 6.92 Å². The standard InChI is InChI=1S/C8H15NO3/c1-4-5-12-8(11)6(2)9-7(3)10/h6H,4-5H2,1-3H3,(H,9,10)/t6-/m0/s1. The van der Waals surface area contributed by atoms with Crippen LogP contribution in [0.5, 0.6) is 0 Å². The van der Waals surface area contributed by atoms with Gasteiger partial charge in [0.15, 0.2) is 0 Å². The number of hydrogen-bond acceptors (Lipinski definition) is 3. The highest BCUT2D eigenvalue weighted by atomic mass is 16.5. The fourth-order valence-corrected chi connectivity index (χ4v) is 0.691. The molecule has 0 aromatic heterocycles. The third kappa shape index (κ3) is 4.71. The molecule has 0 rings (SSSR count). The molecule has 0 aromatic carbocycles. The lowest BCUT2D eigenvalue weighted by Gasteiger charge is -2.10. The van der Waals surface area contributed by atoms with Crippen LogP contribution >= 0.6 is 0 Å². The maximum Gasteiger partial charge on any atom is 0.328 e. The van der Waals surface area contributed by atoms with Crippen molar-refractivity contribution in [2.45, 2.75) is 33.2 Å². The molecular formula is C8H15NO3. The number of carbonyl (C=O) groups excluding carboxylic acids is 2. The average Bonchev–Trinajstić information content (AvgIpc) is 1.98. The lowest BCUT2D eigenvalue weighted by Crippen LogP contribution is -2.38. The molecule has 0 aliphatic rings. The first-order valence-electron chi connectivity index (χ1n) is 4.01. The van der Waals surface area contributed by atoms with Gasteiger partial charge in [-0.3, -0.25) is 4.79 Å². The van der Waals surface area contributed by atoms with E-state index in [0.29, 0.717) is 6.61 Å². The molecule has 1 N–H and O–H groups in total. The second-order valence-electron chi connectivity index (χ2n) is 2.59. The Morgan fingerprint density at radius 3 is 2.50 bits per heavy atom. The molecule has 0 bridgehead atoms. The van der Waals surface area contributed by atoms with Crippen molar-refractivity contribution in [2.75, 3.05) is 6.61 Å². The number of carbonyl (C=O) groups is 2. The molecule has 1 amide bonds. The monoisotopic (exact) mass is 173 g/mol. The molecule has 0 unspecified atom stereocenters. The molecule has 0 aliphatic carbocycles. The van der Waals surface area contributed by atoms with Crippen LogP contribution < -0.4 is 5.32 Å². The number of rotatable bonds is 4. The van der Waals surface area contributed by atoms with Crippen LogP contribution in [0.1, 0.15) is 27.2 Å². The maximum atomic E-state index is 11.0. The van der Waals surface area contributed by atoms with Gasteiger partial charge in [0.25, 0.3) is 0 Å². The van der Waals surface area contributed by atoms with Crippen molar-refractivity contribution in [3.05, 3.63) is 0 Å². The van der Waals surface area contributed by atoms with Gasteiger partial charge in [0.1, 0.15) is 6.04 Å². The number of hydrogen-bond donors (Lipinski definition) is 1. The first-order chi connectivity index (χ1) is 5.57. The van der Waals surface area contributed by atoms with E-state index in [4.69, 9.17) is 4.74 Å². The van der Waals surface area contributed by atoms with Gasteiger partial charge in [0.05, 0.1) is 6.61 Å². The van der Waals surface area contributed by atoms with Gasteiger partial charge >= 0.3 is 5.97 Å². The van der Waals surface area contributed by atoms with Crippen LogP contribution in [-0.4, -0.2) is 24.5 Å². The molecule has 0 radical (unpaired) electrons. The van der Waals surface area contributed by atoms with Gasteiger partial charge in [-0.15, -0.1) is 0 Å². The van der Waals surface area contributed by atoms with Crippen molar-refractivity contribution < 1.29 is 14.3 Å². The molecular weight excluding hydrogens is 158 g/mol. The number of nitrogens with one attached hydrogen (secondary N) is 1. The highest BCUT2D eigenvalue weighted by Crippen LogP contribution is 1.89. The molecule has 1 atom stereocenters. The van der Waals surface area contributed by atoms with E-state index in [1.165, 1.54) is 6.92 Å². The molecule has 0 saturated heterocycles. The third-order valence-corrected chi connectivity index (χ3v) is 1.22. The van der Waals surface area contributed by atoms with Crippen molar-refractivity contribution >= 4 is 11.9 Å². The predicted molar refractivity (Wildman–Crippen MR) is 44.5 cm³/mol. The van der Waals surface area contributed by atoms with Gasteiger partial charge in [-0.25, -0.2) is 4.79 Å². The van der Waals surface area contributed by atoms with Crippen LogP contribution in [0.4, 0.5) is 0 Å². The summed E-state index contributed by atoms with van der Waals surface area (Å²) in [6.45, 7) is 5.28. The van der Waals surface area contributed by atoms with E-state index in [1.807, 2.05) is 6.92 Å². The lowest BCUT2D eigenvalue weighted by atomic mass is 10.3. The van der Waals surface area contributed by atoms with E-state index in [-0.39, 0.29) is 11.9 Å². The van der Waals surface area contributed by atoms with Crippen LogP contribution in [0.2, 0.25) is 0 Å². The Morgan fingerprint density at radius 1 is 1.50 bits per heavy atom. The van der Waals surface area contributed by atoms with Crippen molar-refractivity contribution in [1.29, 1.82) is 0 Å². The Balaban J connectivity index is 3.69. The van der Waals surface area contributed by atoms with Gasteiger partial charge in [0, 0.05) is 6.92 Å². The number of esters is 1. The van der Waals surface area contributed by atoms with Gasteiger partial charge < -0.3 is 10.1 Å². The molecule has 0 fully saturated rings. The summed E-state index contributed by atoms with van der Waals surface area (Å²) in [6.07, 6.45) is 0.790. The van der Waals surface area contributed by atoms with Crippen molar-refractivity contribution in [2.24, 2.45) is 0 Å². The van der Waals surface area contributed by atoms with Crippen LogP contribution in [0.3, 0.4) is 0 Å². The highest BCUT2D eigenvalue weighted by Gasteiger charge is 2.13. The molecule has 0 aliphatic heterocycles. The molecule has 0 spiro atoms. The summed E-state index contributed by atoms with van der Waals surface area (Å²) in [5, 5.41) is 2.44. The fourth-order valence-electron chi connectivity index (χ4n) is 0.691. The second-order valence-corrected chi connectivity index (χ2v) is 2.59. The summed E-state index contributed by atoms with van der Waals surface area (Å²) in [6, 6.07) is -0.547. The van der Waals surface area contributed by atoms with E-state index in [2.05, 4.69) is 5.32 Å². The van der Waals surface area contributed by atoms with E-state index in [9.17, 15) is 9.59 Å². The molecule has 4 heteroatoms. The zero-order valence-electron chi connectivity index (χ0n) is 7.72. The Bertz CT molecular complexity index is 168. The summed E-state index contributed by atoms with van der Waals surface area (Å²) in [4.78, 5) is 21.5. The van der Waals surface area contributed by atoms with Crippen LogP contribution in [0, 0.1) is 0 Å². The van der Waals surface area contributed by atoms with E-state index >= 15 is 0 Å². The molecule has 12 heavy (non-hydrogen) atoms. The Hall–Kier alpha value is -1.06. The largest absolute Gasteiger partial charge is 0.464 e.